The van der Waals surface area contributed by atoms with Crippen LogP contribution in [0.15, 0.2) is 65.7 Å². The van der Waals surface area contributed by atoms with Crippen molar-refractivity contribution >= 4 is 21.4 Å². The Bertz CT molecular complexity index is 1650. The van der Waals surface area contributed by atoms with Crippen LogP contribution in [0.5, 0.6) is 17.4 Å². The van der Waals surface area contributed by atoms with Crippen LogP contribution in [0.1, 0.15) is 34.0 Å². The summed E-state index contributed by atoms with van der Waals surface area (Å²) in [5.41, 5.74) is 8.93. The number of Topliss-reactive ketones (excluding diaryl/α,β-unsaturated/α-hetero) is 1. The number of carbonyl (C=O) groups is 1. The minimum atomic E-state index is -4.11. The van der Waals surface area contributed by atoms with Gasteiger partial charge in [0.1, 0.15) is 28.9 Å². The van der Waals surface area contributed by atoms with Gasteiger partial charge in [-0.05, 0) is 75.2 Å². The molecule has 202 valence electrons. The van der Waals surface area contributed by atoms with Gasteiger partial charge in [0, 0.05) is 11.6 Å². The number of aromatic nitrogens is 2. The Morgan fingerprint density at radius 1 is 0.974 bits per heavy atom. The molecular weight excluding hydrogens is 521 g/mol. The highest BCUT2D eigenvalue weighted by molar-refractivity contribution is 7.92. The predicted octanol–water partition coefficient (Wildman–Crippen LogP) is 5.64. The highest BCUT2D eigenvalue weighted by Gasteiger charge is 2.26. The summed E-state index contributed by atoms with van der Waals surface area (Å²) in [5, 5.41) is -0.309. The third-order valence-corrected chi connectivity index (χ3v) is 7.33. The number of hydrogen-bond donors (Lipinski definition) is 1. The Morgan fingerprint density at radius 2 is 1.69 bits per heavy atom. The lowest BCUT2D eigenvalue weighted by Gasteiger charge is -2.16. The van der Waals surface area contributed by atoms with Gasteiger partial charge >= 0.3 is 0 Å². The summed E-state index contributed by atoms with van der Waals surface area (Å²) in [5.74, 6) is -1.43. The largest absolute Gasteiger partial charge is 0.494 e. The number of halogens is 1. The second-order valence-corrected chi connectivity index (χ2v) is 11.0. The molecule has 0 aliphatic carbocycles. The molecule has 2 heterocycles. The third-order valence-electron chi connectivity index (χ3n) is 5.83. The number of ketones is 1. The van der Waals surface area contributed by atoms with Crippen LogP contribution < -0.4 is 15.2 Å². The number of carbonyl (C=O) groups excluding carboxylic acids is 1. The maximum atomic E-state index is 14.3. The molecule has 2 N–H and O–H groups in total. The number of ether oxygens (including phenoxy) is 2. The molecular formula is C29H28FN3O5S. The highest BCUT2D eigenvalue weighted by atomic mass is 32.2. The number of aryl methyl sites for hydroxylation is 3. The summed E-state index contributed by atoms with van der Waals surface area (Å²) in [6, 6.07) is 15.1. The average Bonchev–Trinajstić information content (AvgIpc) is 2.85. The number of nitrogen functional groups attached to an aromatic ring is 1. The van der Waals surface area contributed by atoms with E-state index in [0.29, 0.717) is 29.4 Å². The number of anilines is 1. The Morgan fingerprint density at radius 3 is 2.36 bits per heavy atom. The van der Waals surface area contributed by atoms with Crippen LogP contribution in [0.2, 0.25) is 0 Å². The number of rotatable bonds is 9. The van der Waals surface area contributed by atoms with E-state index in [-0.39, 0.29) is 22.3 Å². The number of pyridine rings is 2. The second-order valence-electron chi connectivity index (χ2n) is 9.07. The fourth-order valence-corrected chi connectivity index (χ4v) is 5.38. The van der Waals surface area contributed by atoms with Gasteiger partial charge in [-0.15, -0.1) is 0 Å². The van der Waals surface area contributed by atoms with Gasteiger partial charge in [-0.2, -0.15) is 0 Å². The quantitative estimate of drug-likeness (QED) is 0.266. The lowest BCUT2D eigenvalue weighted by atomic mass is 10.1. The maximum absolute atomic E-state index is 14.3. The molecule has 0 unspecified atom stereocenters. The molecule has 0 aliphatic heterocycles. The van der Waals surface area contributed by atoms with E-state index >= 15 is 0 Å². The second kappa shape index (κ2) is 11.2. The Hall–Kier alpha value is -4.31. The van der Waals surface area contributed by atoms with E-state index < -0.39 is 27.2 Å². The summed E-state index contributed by atoms with van der Waals surface area (Å²) < 4.78 is 51.9. The van der Waals surface area contributed by atoms with Gasteiger partial charge in [0.15, 0.2) is 10.8 Å². The van der Waals surface area contributed by atoms with Crippen LogP contribution in [-0.2, 0) is 9.84 Å². The predicted molar refractivity (Wildman–Crippen MR) is 147 cm³/mol. The Balaban J connectivity index is 1.80. The first-order chi connectivity index (χ1) is 18.5. The van der Waals surface area contributed by atoms with Crippen molar-refractivity contribution in [2.75, 3.05) is 18.1 Å². The number of nitrogens with two attached hydrogens (primary N) is 1. The van der Waals surface area contributed by atoms with E-state index in [2.05, 4.69) is 9.97 Å². The standard InChI is InChI=1S/C29H28FN3O5S/c1-5-37-22-14-20(13-21(30)15-22)24-10-9-23(25(34)16-39(35,36)27-8-6-7-26(31)33-27)29(32-24)38-28-18(3)11-17(2)12-19(28)4/h6-15H,5,16H2,1-4H3,(H2,31,33). The van der Waals surface area contributed by atoms with E-state index in [1.165, 1.54) is 42.5 Å². The van der Waals surface area contributed by atoms with E-state index in [1.54, 1.807) is 13.0 Å². The van der Waals surface area contributed by atoms with Crippen molar-refractivity contribution in [1.82, 2.24) is 9.97 Å². The van der Waals surface area contributed by atoms with Gasteiger partial charge in [0.2, 0.25) is 15.7 Å². The van der Waals surface area contributed by atoms with Crippen molar-refractivity contribution in [3.8, 4) is 28.6 Å². The van der Waals surface area contributed by atoms with Crippen LogP contribution in [0, 0.1) is 26.6 Å². The average molecular weight is 550 g/mol. The van der Waals surface area contributed by atoms with Gasteiger partial charge < -0.3 is 15.2 Å². The van der Waals surface area contributed by atoms with E-state index in [0.717, 1.165) is 16.7 Å². The van der Waals surface area contributed by atoms with Crippen LogP contribution in [-0.4, -0.2) is 36.5 Å². The molecule has 0 radical (unpaired) electrons. The Kier molecular flexibility index (Phi) is 7.96. The molecule has 2 aromatic carbocycles. The normalized spacial score (nSPS) is 11.3. The summed E-state index contributed by atoms with van der Waals surface area (Å²) in [4.78, 5) is 21.7. The number of nitrogens with zero attached hydrogens (tertiary/aromatic N) is 2. The topological polar surface area (TPSA) is 121 Å². The highest BCUT2D eigenvalue weighted by Crippen LogP contribution is 2.34. The number of sulfone groups is 1. The van der Waals surface area contributed by atoms with Crippen molar-refractivity contribution in [3.63, 3.8) is 0 Å². The van der Waals surface area contributed by atoms with Crippen molar-refractivity contribution < 1.29 is 27.1 Å². The smallest absolute Gasteiger partial charge is 0.230 e. The molecule has 0 spiro atoms. The van der Waals surface area contributed by atoms with E-state index in [9.17, 15) is 17.6 Å². The lowest BCUT2D eigenvalue weighted by molar-refractivity contribution is 0.101. The minimum Gasteiger partial charge on any atom is -0.494 e. The lowest BCUT2D eigenvalue weighted by Crippen LogP contribution is -2.19. The van der Waals surface area contributed by atoms with Crippen molar-refractivity contribution in [3.05, 3.63) is 88.7 Å². The summed E-state index contributed by atoms with van der Waals surface area (Å²) in [6.45, 7) is 7.80. The molecule has 10 heteroatoms. The summed E-state index contributed by atoms with van der Waals surface area (Å²) in [6.07, 6.45) is 0. The number of hydrogen-bond acceptors (Lipinski definition) is 8. The maximum Gasteiger partial charge on any atom is 0.230 e. The number of benzene rings is 2. The van der Waals surface area contributed by atoms with Crippen LogP contribution in [0.3, 0.4) is 0 Å². The first-order valence-corrected chi connectivity index (χ1v) is 13.8. The van der Waals surface area contributed by atoms with Crippen LogP contribution >= 0.6 is 0 Å². The van der Waals surface area contributed by atoms with Gasteiger partial charge in [-0.25, -0.2) is 22.8 Å². The fraction of sp³-hybridized carbons (Fsp3) is 0.207. The van der Waals surface area contributed by atoms with Gasteiger partial charge in [-0.3, -0.25) is 4.79 Å². The van der Waals surface area contributed by atoms with Crippen LogP contribution in [0.25, 0.3) is 11.3 Å². The first-order valence-electron chi connectivity index (χ1n) is 12.2. The molecule has 2 aromatic heterocycles. The zero-order valence-corrected chi connectivity index (χ0v) is 22.8. The molecule has 0 aliphatic rings. The molecule has 0 amide bonds. The molecule has 0 saturated carbocycles. The SMILES string of the molecule is CCOc1cc(F)cc(-c2ccc(C(=O)CS(=O)(=O)c3cccc(N)n3)c(Oc3c(C)cc(C)cc3C)n2)c1. The monoisotopic (exact) mass is 549 g/mol. The molecule has 4 aromatic rings. The molecule has 39 heavy (non-hydrogen) atoms. The molecule has 8 nitrogen and oxygen atoms in total. The van der Waals surface area contributed by atoms with Gasteiger partial charge in [0.05, 0.1) is 17.9 Å². The summed E-state index contributed by atoms with van der Waals surface area (Å²) >= 11 is 0. The molecule has 4 rings (SSSR count). The third kappa shape index (κ3) is 6.40. The van der Waals surface area contributed by atoms with Gasteiger partial charge in [0.25, 0.3) is 0 Å². The summed E-state index contributed by atoms with van der Waals surface area (Å²) in [7, 11) is -4.11. The molecule has 0 fully saturated rings. The van der Waals surface area contributed by atoms with E-state index in [1.807, 2.05) is 32.9 Å². The van der Waals surface area contributed by atoms with Gasteiger partial charge in [-0.1, -0.05) is 23.8 Å². The van der Waals surface area contributed by atoms with E-state index in [4.69, 9.17) is 15.2 Å². The van der Waals surface area contributed by atoms with Crippen LogP contribution in [0.4, 0.5) is 10.2 Å². The zero-order valence-electron chi connectivity index (χ0n) is 22.0. The molecule has 0 bridgehead atoms. The minimum absolute atomic E-state index is 0.0189. The molecule has 0 atom stereocenters. The van der Waals surface area contributed by atoms with Crippen molar-refractivity contribution in [2.24, 2.45) is 0 Å². The van der Waals surface area contributed by atoms with Crippen molar-refractivity contribution in [1.29, 1.82) is 0 Å². The first kappa shape index (κ1) is 27.7. The Labute approximate surface area is 226 Å². The zero-order chi connectivity index (χ0) is 28.3. The molecule has 0 saturated heterocycles. The van der Waals surface area contributed by atoms with Crippen molar-refractivity contribution in [2.45, 2.75) is 32.7 Å². The fourth-order valence-electron chi connectivity index (χ4n) is 4.20.